The van der Waals surface area contributed by atoms with Gasteiger partial charge in [0.25, 0.3) is 0 Å². The van der Waals surface area contributed by atoms with Gasteiger partial charge in [0, 0.05) is 27.2 Å². The molecule has 0 aliphatic heterocycles. The lowest BCUT2D eigenvalue weighted by Gasteiger charge is -2.44. The average Bonchev–Trinajstić information content (AvgIpc) is 2.82. The Morgan fingerprint density at radius 2 is 1.67 bits per heavy atom. The highest BCUT2D eigenvalue weighted by Crippen LogP contribution is 2.38. The Morgan fingerprint density at radius 1 is 1.03 bits per heavy atom. The zero-order valence-corrected chi connectivity index (χ0v) is 21.5. The van der Waals surface area contributed by atoms with Crippen molar-refractivity contribution < 1.29 is 37.3 Å². The van der Waals surface area contributed by atoms with E-state index in [2.05, 4.69) is 0 Å². The fourth-order valence-electron chi connectivity index (χ4n) is 3.77. The van der Waals surface area contributed by atoms with Crippen LogP contribution in [0.4, 0.5) is 18.0 Å². The number of aliphatic hydroxyl groups excluding tert-OH is 1. The molecule has 2 rings (SSSR count). The number of methoxy groups -OCH3 is 1. The third-order valence-electron chi connectivity index (χ3n) is 5.66. The molecule has 12 heteroatoms. The van der Waals surface area contributed by atoms with E-state index in [0.717, 1.165) is 4.90 Å². The molecule has 0 aliphatic rings. The van der Waals surface area contributed by atoms with Crippen molar-refractivity contribution in [1.29, 1.82) is 0 Å². The van der Waals surface area contributed by atoms with E-state index in [4.69, 9.17) is 32.7 Å². The van der Waals surface area contributed by atoms with Crippen molar-refractivity contribution in [2.24, 2.45) is 0 Å². The highest BCUT2D eigenvalue weighted by atomic mass is 35.5. The van der Waals surface area contributed by atoms with Crippen molar-refractivity contribution in [1.82, 2.24) is 9.80 Å². The molecule has 0 bridgehead atoms. The second-order valence-corrected chi connectivity index (χ2v) is 8.92. The summed E-state index contributed by atoms with van der Waals surface area (Å²) in [5.41, 5.74) is -1.05. The number of hydrogen-bond acceptors (Lipinski definition) is 5. The number of likely N-dealkylation sites (N-methyl/N-ethyl adjacent to an activating group) is 2. The summed E-state index contributed by atoms with van der Waals surface area (Å²) in [6.07, 6.45) is -7.05. The first-order valence-electron chi connectivity index (χ1n) is 10.8. The van der Waals surface area contributed by atoms with E-state index in [1.54, 1.807) is 24.3 Å². The van der Waals surface area contributed by atoms with Gasteiger partial charge in [-0.1, -0.05) is 41.4 Å². The van der Waals surface area contributed by atoms with E-state index >= 15 is 0 Å². The van der Waals surface area contributed by atoms with Crippen LogP contribution in [-0.2, 0) is 10.3 Å². The number of halogens is 5. The van der Waals surface area contributed by atoms with E-state index in [1.807, 2.05) is 0 Å². The van der Waals surface area contributed by atoms with Crippen LogP contribution in [0.1, 0.15) is 24.8 Å². The first-order valence-corrected chi connectivity index (χ1v) is 11.6. The summed E-state index contributed by atoms with van der Waals surface area (Å²) in [6.45, 7) is -0.629. The Hall–Kier alpha value is -2.69. The van der Waals surface area contributed by atoms with Crippen LogP contribution in [0.25, 0.3) is 0 Å². The Labute approximate surface area is 217 Å². The van der Waals surface area contributed by atoms with Crippen molar-refractivity contribution in [3.63, 3.8) is 0 Å². The Bertz CT molecular complexity index is 1070. The molecule has 0 fully saturated rings. The maximum Gasteiger partial charge on any atom is 0.415 e. The summed E-state index contributed by atoms with van der Waals surface area (Å²) < 4.78 is 49.5. The lowest BCUT2D eigenvalue weighted by atomic mass is 9.83. The van der Waals surface area contributed by atoms with Crippen LogP contribution in [0, 0.1) is 0 Å². The van der Waals surface area contributed by atoms with Gasteiger partial charge in [0.1, 0.15) is 6.42 Å². The number of amides is 2. The van der Waals surface area contributed by atoms with Gasteiger partial charge >= 0.3 is 12.3 Å². The zero-order chi connectivity index (χ0) is 27.1. The number of carbonyl (C=O) groups is 2. The van der Waals surface area contributed by atoms with E-state index in [-0.39, 0.29) is 47.5 Å². The predicted molar refractivity (Wildman–Crippen MR) is 130 cm³/mol. The number of hydrogen-bond donors (Lipinski definition) is 1. The normalized spacial score (nSPS) is 13.0. The van der Waals surface area contributed by atoms with Crippen LogP contribution in [-0.4, -0.2) is 67.4 Å². The molecule has 1 N–H and O–H groups in total. The van der Waals surface area contributed by atoms with Crippen LogP contribution < -0.4 is 9.47 Å². The van der Waals surface area contributed by atoms with Crippen LogP contribution in [0.2, 0.25) is 10.0 Å². The molecule has 0 aromatic heterocycles. The molecule has 7 nitrogen and oxygen atoms in total. The summed E-state index contributed by atoms with van der Waals surface area (Å²) in [4.78, 5) is 27.8. The second kappa shape index (κ2) is 12.5. The van der Waals surface area contributed by atoms with Crippen molar-refractivity contribution in [2.75, 3.05) is 34.4 Å². The minimum atomic E-state index is -4.71. The lowest BCUT2D eigenvalue weighted by Crippen LogP contribution is -2.55. The largest absolute Gasteiger partial charge is 0.493 e. The number of nitrogens with zero attached hydrogens (tertiary/aromatic N) is 2. The maximum absolute atomic E-state index is 13.3. The highest BCUT2D eigenvalue weighted by molar-refractivity contribution is 6.42. The summed E-state index contributed by atoms with van der Waals surface area (Å²) in [7, 11) is 4.00. The highest BCUT2D eigenvalue weighted by Gasteiger charge is 2.43. The number of benzene rings is 2. The standard InChI is InChI=1S/C24H27Cl2F3N2O5/c1-30(21(33)14-24(27,28)29)15-23(11-6-12-32,16-9-10-17(25)18(26)13-16)31(2)22(34)36-20-8-5-4-7-19(20)35-3/h4-5,7-10,13,32H,6,11-12,14-15H2,1-3H3/t23-/m1/s1. The first-order chi connectivity index (χ1) is 16.8. The molecule has 0 saturated carbocycles. The number of ether oxygens (including phenoxy) is 2. The molecule has 0 spiro atoms. The molecule has 0 unspecified atom stereocenters. The second-order valence-electron chi connectivity index (χ2n) is 8.11. The SMILES string of the molecule is COc1ccccc1OC(=O)N(C)[C@](CCCO)(CN(C)C(=O)CC(F)(F)F)c1ccc(Cl)c(Cl)c1. The molecule has 0 aliphatic carbocycles. The lowest BCUT2D eigenvalue weighted by molar-refractivity contribution is -0.161. The van der Waals surface area contributed by atoms with Crippen LogP contribution in [0.3, 0.4) is 0 Å². The van der Waals surface area contributed by atoms with E-state index in [0.29, 0.717) is 5.56 Å². The van der Waals surface area contributed by atoms with Crippen LogP contribution >= 0.6 is 23.2 Å². The number of rotatable bonds is 10. The Morgan fingerprint density at radius 3 is 2.22 bits per heavy atom. The smallest absolute Gasteiger partial charge is 0.415 e. The van der Waals surface area contributed by atoms with Gasteiger partial charge in [-0.15, -0.1) is 0 Å². The van der Waals surface area contributed by atoms with Crippen LogP contribution in [0.15, 0.2) is 42.5 Å². The van der Waals surface area contributed by atoms with E-state index in [9.17, 15) is 27.9 Å². The van der Waals surface area contributed by atoms with Gasteiger partial charge in [-0.2, -0.15) is 13.2 Å². The fourth-order valence-corrected chi connectivity index (χ4v) is 4.06. The topological polar surface area (TPSA) is 79.3 Å². The molecule has 0 heterocycles. The molecule has 1 atom stereocenters. The minimum Gasteiger partial charge on any atom is -0.493 e. The summed E-state index contributed by atoms with van der Waals surface area (Å²) >= 11 is 12.3. The van der Waals surface area contributed by atoms with Gasteiger partial charge in [-0.3, -0.25) is 9.69 Å². The van der Waals surface area contributed by atoms with Crippen molar-refractivity contribution in [2.45, 2.75) is 31.0 Å². The maximum atomic E-state index is 13.3. The molecule has 2 amide bonds. The number of para-hydroxylation sites is 2. The number of aliphatic hydroxyl groups is 1. The fraction of sp³-hybridized carbons (Fsp3) is 0.417. The molecule has 198 valence electrons. The molecule has 36 heavy (non-hydrogen) atoms. The quantitative estimate of drug-likeness (QED) is 0.422. The summed E-state index contributed by atoms with van der Waals surface area (Å²) in [6, 6.07) is 10.9. The monoisotopic (exact) mass is 550 g/mol. The van der Waals surface area contributed by atoms with Crippen molar-refractivity contribution >= 4 is 35.2 Å². The minimum absolute atomic E-state index is 0.0582. The van der Waals surface area contributed by atoms with Gasteiger partial charge in [-0.05, 0) is 42.7 Å². The molecular formula is C24H27Cl2F3N2O5. The molecule has 2 aromatic carbocycles. The van der Waals surface area contributed by atoms with Gasteiger partial charge in [0.2, 0.25) is 5.91 Å². The summed E-state index contributed by atoms with van der Waals surface area (Å²) in [5.74, 6) is -0.793. The predicted octanol–water partition coefficient (Wildman–Crippen LogP) is 5.51. The number of alkyl halides is 3. The number of carbonyl (C=O) groups excluding carboxylic acids is 2. The van der Waals surface area contributed by atoms with Crippen molar-refractivity contribution in [3.05, 3.63) is 58.1 Å². The third kappa shape index (κ3) is 7.41. The van der Waals surface area contributed by atoms with Gasteiger partial charge in [-0.25, -0.2) is 4.79 Å². The van der Waals surface area contributed by atoms with Gasteiger partial charge in [0.05, 0.1) is 22.7 Å². The zero-order valence-electron chi connectivity index (χ0n) is 19.9. The Kier molecular flexibility index (Phi) is 10.3. The summed E-state index contributed by atoms with van der Waals surface area (Å²) in [5, 5.41) is 9.92. The van der Waals surface area contributed by atoms with E-state index in [1.165, 1.54) is 44.3 Å². The first kappa shape index (κ1) is 29.5. The van der Waals surface area contributed by atoms with Gasteiger partial charge in [0.15, 0.2) is 11.5 Å². The van der Waals surface area contributed by atoms with Crippen LogP contribution in [0.5, 0.6) is 11.5 Å². The van der Waals surface area contributed by atoms with Crippen molar-refractivity contribution in [3.8, 4) is 11.5 Å². The molecule has 0 radical (unpaired) electrons. The third-order valence-corrected chi connectivity index (χ3v) is 6.40. The van der Waals surface area contributed by atoms with Gasteiger partial charge < -0.3 is 19.5 Å². The Balaban J connectivity index is 2.56. The molecule has 0 saturated heterocycles. The average molecular weight is 551 g/mol. The molecular weight excluding hydrogens is 524 g/mol. The molecule has 2 aromatic rings. The van der Waals surface area contributed by atoms with E-state index < -0.39 is 30.1 Å².